The molecule has 7 heteroatoms. The molecule has 1 aliphatic heterocycles. The van der Waals surface area contributed by atoms with Crippen LogP contribution in [0.3, 0.4) is 0 Å². The average molecular weight is 316 g/mol. The van der Waals surface area contributed by atoms with Crippen LogP contribution in [0.1, 0.15) is 24.0 Å². The third-order valence-electron chi connectivity index (χ3n) is 3.36. The lowest BCUT2D eigenvalue weighted by molar-refractivity contribution is 0.316. The second-order valence-corrected chi connectivity index (χ2v) is 6.76. The van der Waals surface area contributed by atoms with Crippen molar-refractivity contribution in [2.45, 2.75) is 30.7 Å². The van der Waals surface area contributed by atoms with Crippen molar-refractivity contribution in [1.82, 2.24) is 4.31 Å². The molecule has 0 bridgehead atoms. The molecule has 1 aromatic rings. The Bertz CT molecular complexity index is 625. The van der Waals surface area contributed by atoms with Crippen LogP contribution in [-0.4, -0.2) is 31.9 Å². The highest BCUT2D eigenvalue weighted by atomic mass is 35.5. The lowest BCUT2D eigenvalue weighted by Gasteiger charge is -2.30. The summed E-state index contributed by atoms with van der Waals surface area (Å²) in [5.74, 6) is 0. The fourth-order valence-electron chi connectivity index (χ4n) is 2.28. The van der Waals surface area contributed by atoms with Crippen molar-refractivity contribution < 1.29 is 8.42 Å². The predicted octanol–water partition coefficient (Wildman–Crippen LogP) is 1.40. The minimum Gasteiger partial charge on any atom is -0.327 e. The Morgan fingerprint density at radius 1 is 1.45 bits per heavy atom. The van der Waals surface area contributed by atoms with Crippen molar-refractivity contribution in [2.24, 2.45) is 5.73 Å². The van der Waals surface area contributed by atoms with Crippen molar-refractivity contribution in [3.63, 3.8) is 0 Å². The van der Waals surface area contributed by atoms with Gasteiger partial charge in [0.15, 0.2) is 0 Å². The molecule has 5 nitrogen and oxygen atoms in total. The van der Waals surface area contributed by atoms with E-state index in [4.69, 9.17) is 11.0 Å². The Morgan fingerprint density at radius 3 is 2.75 bits per heavy atom. The zero-order valence-corrected chi connectivity index (χ0v) is 12.9. The standard InChI is InChI=1S/C13H17N3O2S.ClH/c1-10-4-5-11(8-14)7-13(10)19(17,18)16-6-2-3-12(15)9-16;/h4-5,7,12H,2-3,6,9,15H2,1H3;1H/t12-;/m1./s1. The normalized spacial score (nSPS) is 19.9. The van der Waals surface area contributed by atoms with E-state index in [0.717, 1.165) is 12.8 Å². The smallest absolute Gasteiger partial charge is 0.243 e. The summed E-state index contributed by atoms with van der Waals surface area (Å²) in [5.41, 5.74) is 6.84. The maximum Gasteiger partial charge on any atom is 0.243 e. The van der Waals surface area contributed by atoms with E-state index in [2.05, 4.69) is 0 Å². The number of rotatable bonds is 2. The largest absolute Gasteiger partial charge is 0.327 e. The van der Waals surface area contributed by atoms with Crippen LogP contribution in [-0.2, 0) is 10.0 Å². The van der Waals surface area contributed by atoms with Crippen LogP contribution >= 0.6 is 12.4 Å². The first-order valence-electron chi connectivity index (χ1n) is 6.21. The maximum absolute atomic E-state index is 12.6. The second kappa shape index (κ2) is 6.55. The summed E-state index contributed by atoms with van der Waals surface area (Å²) in [6, 6.07) is 6.58. The molecule has 0 unspecified atom stereocenters. The number of hydrogen-bond donors (Lipinski definition) is 1. The van der Waals surface area contributed by atoms with Crippen LogP contribution < -0.4 is 5.73 Å². The molecule has 1 atom stereocenters. The minimum atomic E-state index is -3.56. The fourth-order valence-corrected chi connectivity index (χ4v) is 4.07. The highest BCUT2D eigenvalue weighted by Gasteiger charge is 2.30. The Labute approximate surface area is 125 Å². The molecule has 0 aliphatic carbocycles. The van der Waals surface area contributed by atoms with Gasteiger partial charge in [0.2, 0.25) is 10.0 Å². The number of hydrogen-bond acceptors (Lipinski definition) is 4. The first-order chi connectivity index (χ1) is 8.95. The highest BCUT2D eigenvalue weighted by Crippen LogP contribution is 2.23. The van der Waals surface area contributed by atoms with Crippen molar-refractivity contribution in [2.75, 3.05) is 13.1 Å². The SMILES string of the molecule is Cc1ccc(C#N)cc1S(=O)(=O)N1CCC[C@@H](N)C1.Cl. The van der Waals surface area contributed by atoms with Gasteiger partial charge in [-0.3, -0.25) is 0 Å². The minimum absolute atomic E-state index is 0. The molecule has 0 radical (unpaired) electrons. The summed E-state index contributed by atoms with van der Waals surface area (Å²) in [6.07, 6.45) is 1.63. The number of nitrogens with two attached hydrogens (primary N) is 1. The van der Waals surface area contributed by atoms with E-state index < -0.39 is 10.0 Å². The molecule has 0 aromatic heterocycles. The van der Waals surface area contributed by atoms with E-state index >= 15 is 0 Å². The number of benzene rings is 1. The molecule has 1 fully saturated rings. The Balaban J connectivity index is 0.00000200. The third kappa shape index (κ3) is 3.30. The van der Waals surface area contributed by atoms with Gasteiger partial charge in [-0.1, -0.05) is 6.07 Å². The molecule has 1 aliphatic rings. The summed E-state index contributed by atoms with van der Waals surface area (Å²) in [5, 5.41) is 8.89. The molecule has 110 valence electrons. The number of aryl methyl sites for hydroxylation is 1. The molecule has 1 saturated heterocycles. The van der Waals surface area contributed by atoms with Gasteiger partial charge in [0.1, 0.15) is 0 Å². The van der Waals surface area contributed by atoms with Gasteiger partial charge >= 0.3 is 0 Å². The molecule has 0 amide bonds. The lowest BCUT2D eigenvalue weighted by atomic mass is 10.1. The van der Waals surface area contributed by atoms with Crippen LogP contribution in [0.25, 0.3) is 0 Å². The molecule has 0 spiro atoms. The van der Waals surface area contributed by atoms with Crippen molar-refractivity contribution >= 4 is 22.4 Å². The number of piperidine rings is 1. The fraction of sp³-hybridized carbons (Fsp3) is 0.462. The van der Waals surface area contributed by atoms with Crippen LogP contribution in [0.5, 0.6) is 0 Å². The van der Waals surface area contributed by atoms with Crippen LogP contribution in [0.2, 0.25) is 0 Å². The van der Waals surface area contributed by atoms with E-state index in [-0.39, 0.29) is 23.3 Å². The summed E-state index contributed by atoms with van der Waals surface area (Å²) in [7, 11) is -3.56. The highest BCUT2D eigenvalue weighted by molar-refractivity contribution is 7.89. The van der Waals surface area contributed by atoms with E-state index in [1.54, 1.807) is 19.1 Å². The van der Waals surface area contributed by atoms with Crippen molar-refractivity contribution in [3.8, 4) is 6.07 Å². The molecule has 1 heterocycles. The second-order valence-electron chi connectivity index (χ2n) is 4.86. The zero-order chi connectivity index (χ0) is 14.0. The van der Waals surface area contributed by atoms with Gasteiger partial charge in [-0.05, 0) is 37.5 Å². The third-order valence-corrected chi connectivity index (χ3v) is 5.36. The van der Waals surface area contributed by atoms with Crippen molar-refractivity contribution in [1.29, 1.82) is 5.26 Å². The number of nitriles is 1. The molecule has 1 aromatic carbocycles. The summed E-state index contributed by atoms with van der Waals surface area (Å²) in [4.78, 5) is 0.209. The first-order valence-corrected chi connectivity index (χ1v) is 7.65. The Kier molecular flexibility index (Phi) is 5.54. The van der Waals surface area contributed by atoms with Gasteiger partial charge in [-0.2, -0.15) is 9.57 Å². The monoisotopic (exact) mass is 315 g/mol. The van der Waals surface area contributed by atoms with E-state index in [1.165, 1.54) is 10.4 Å². The Morgan fingerprint density at radius 2 is 2.15 bits per heavy atom. The van der Waals surface area contributed by atoms with Gasteiger partial charge < -0.3 is 5.73 Å². The van der Waals surface area contributed by atoms with E-state index in [9.17, 15) is 8.42 Å². The molecular formula is C13H18ClN3O2S. The van der Waals surface area contributed by atoms with Crippen LogP contribution in [0.15, 0.2) is 23.1 Å². The van der Waals surface area contributed by atoms with Gasteiger partial charge in [-0.25, -0.2) is 8.42 Å². The summed E-state index contributed by atoms with van der Waals surface area (Å²) in [6.45, 7) is 2.57. The number of halogens is 1. The van der Waals surface area contributed by atoms with E-state index in [1.807, 2.05) is 6.07 Å². The zero-order valence-electron chi connectivity index (χ0n) is 11.2. The Hall–Kier alpha value is -1.13. The van der Waals surface area contributed by atoms with Gasteiger partial charge in [0, 0.05) is 19.1 Å². The number of nitrogens with zero attached hydrogens (tertiary/aromatic N) is 2. The molecule has 2 rings (SSSR count). The molecular weight excluding hydrogens is 298 g/mol. The first kappa shape index (κ1) is 16.9. The van der Waals surface area contributed by atoms with Gasteiger partial charge in [0.05, 0.1) is 16.5 Å². The van der Waals surface area contributed by atoms with E-state index in [0.29, 0.717) is 24.2 Å². The summed E-state index contributed by atoms with van der Waals surface area (Å²) < 4.78 is 26.6. The van der Waals surface area contributed by atoms with Gasteiger partial charge in [-0.15, -0.1) is 12.4 Å². The topological polar surface area (TPSA) is 87.2 Å². The average Bonchev–Trinajstić information content (AvgIpc) is 2.39. The molecule has 2 N–H and O–H groups in total. The molecule has 0 saturated carbocycles. The van der Waals surface area contributed by atoms with Crippen LogP contribution in [0, 0.1) is 18.3 Å². The van der Waals surface area contributed by atoms with Gasteiger partial charge in [0.25, 0.3) is 0 Å². The maximum atomic E-state index is 12.6. The van der Waals surface area contributed by atoms with Crippen LogP contribution in [0.4, 0.5) is 0 Å². The lowest BCUT2D eigenvalue weighted by Crippen LogP contribution is -2.45. The summed E-state index contributed by atoms with van der Waals surface area (Å²) >= 11 is 0. The van der Waals surface area contributed by atoms with Crippen molar-refractivity contribution in [3.05, 3.63) is 29.3 Å². The predicted molar refractivity (Wildman–Crippen MR) is 79.1 cm³/mol. The quantitative estimate of drug-likeness (QED) is 0.893. The number of sulfonamides is 1. The molecule has 20 heavy (non-hydrogen) atoms.